The van der Waals surface area contributed by atoms with Crippen molar-refractivity contribution in [2.24, 2.45) is 0 Å². The molecule has 0 atom stereocenters. The van der Waals surface area contributed by atoms with Crippen molar-refractivity contribution in [2.45, 2.75) is 58.9 Å². The van der Waals surface area contributed by atoms with Crippen LogP contribution >= 0.6 is 0 Å². The van der Waals surface area contributed by atoms with Crippen LogP contribution in [0, 0.1) is 6.92 Å². The molecule has 2 aromatic heterocycles. The van der Waals surface area contributed by atoms with E-state index in [9.17, 15) is 0 Å². The third kappa shape index (κ3) is 2.98. The summed E-state index contributed by atoms with van der Waals surface area (Å²) < 4.78 is 2.41. The molecule has 2 heterocycles. The molecular formula is C17H24N6. The Bertz CT molecular complexity index is 753. The maximum absolute atomic E-state index is 4.74. The van der Waals surface area contributed by atoms with E-state index in [1.165, 1.54) is 37.6 Å². The summed E-state index contributed by atoms with van der Waals surface area (Å²) in [6.07, 6.45) is 6.54. The number of aromatic nitrogens is 6. The number of hydrogen-bond acceptors (Lipinski definition) is 4. The lowest BCUT2D eigenvalue weighted by atomic mass is 9.95. The number of aryl methyl sites for hydroxylation is 1. The highest BCUT2D eigenvalue weighted by Gasteiger charge is 2.20. The molecule has 0 amide bonds. The Morgan fingerprint density at radius 3 is 2.61 bits per heavy atom. The van der Waals surface area contributed by atoms with Crippen molar-refractivity contribution in [3.05, 3.63) is 24.0 Å². The van der Waals surface area contributed by atoms with Gasteiger partial charge in [0.05, 0.1) is 11.0 Å². The Hall–Kier alpha value is -2.24. The molecule has 0 spiro atoms. The predicted octanol–water partition coefficient (Wildman–Crippen LogP) is 4.06. The summed E-state index contributed by atoms with van der Waals surface area (Å²) in [7, 11) is 0. The summed E-state index contributed by atoms with van der Waals surface area (Å²) in [5, 5.41) is 14.2. The second-order valence-corrected chi connectivity index (χ2v) is 5.76. The molecule has 6 heteroatoms. The minimum atomic E-state index is 0.597. The van der Waals surface area contributed by atoms with Crippen molar-refractivity contribution in [1.82, 2.24) is 30.2 Å². The highest BCUT2D eigenvalue weighted by molar-refractivity contribution is 5.81. The Labute approximate surface area is 136 Å². The summed E-state index contributed by atoms with van der Waals surface area (Å²) in [4.78, 5) is 4.74. The molecule has 3 aromatic rings. The molecule has 23 heavy (non-hydrogen) atoms. The topological polar surface area (TPSA) is 72.3 Å². The Morgan fingerprint density at radius 2 is 1.91 bits per heavy atom. The first-order valence-electron chi connectivity index (χ1n) is 8.55. The van der Waals surface area contributed by atoms with Crippen LogP contribution in [0.15, 0.2) is 18.2 Å². The first kappa shape index (κ1) is 15.6. The number of fused-ring (bicyclic) bond motifs is 1. The van der Waals surface area contributed by atoms with E-state index in [0.717, 1.165) is 16.9 Å². The van der Waals surface area contributed by atoms with Crippen molar-refractivity contribution in [3.63, 3.8) is 0 Å². The van der Waals surface area contributed by atoms with Crippen LogP contribution in [0.25, 0.3) is 22.4 Å². The number of nitrogens with zero attached hydrogens (tertiary/aromatic N) is 5. The largest absolute Gasteiger partial charge is 0.325 e. The second-order valence-electron chi connectivity index (χ2n) is 5.76. The van der Waals surface area contributed by atoms with E-state index in [1.54, 1.807) is 0 Å². The quantitative estimate of drug-likeness (QED) is 0.774. The zero-order valence-electron chi connectivity index (χ0n) is 14.1. The van der Waals surface area contributed by atoms with Gasteiger partial charge in [0.25, 0.3) is 0 Å². The van der Waals surface area contributed by atoms with E-state index >= 15 is 0 Å². The van der Waals surface area contributed by atoms with Gasteiger partial charge in [0.2, 0.25) is 5.82 Å². The van der Waals surface area contributed by atoms with E-state index in [-0.39, 0.29) is 0 Å². The number of aromatic amines is 1. The summed E-state index contributed by atoms with van der Waals surface area (Å²) >= 11 is 0. The maximum Gasteiger partial charge on any atom is 0.204 e. The number of benzene rings is 1. The SMILES string of the molecule is CC.Cc1nc2cc(-c3nn[nH]n3)ccc2n1C1CCCCC1. The molecule has 1 fully saturated rings. The van der Waals surface area contributed by atoms with Gasteiger partial charge in [-0.15, -0.1) is 10.2 Å². The van der Waals surface area contributed by atoms with E-state index in [2.05, 4.69) is 38.2 Å². The molecule has 0 radical (unpaired) electrons. The summed E-state index contributed by atoms with van der Waals surface area (Å²) in [5.74, 6) is 1.71. The number of H-pyrrole nitrogens is 1. The summed E-state index contributed by atoms with van der Waals surface area (Å²) in [6, 6.07) is 6.83. The van der Waals surface area contributed by atoms with Crippen LogP contribution in [0.1, 0.15) is 57.8 Å². The lowest BCUT2D eigenvalue weighted by molar-refractivity contribution is 0.355. The van der Waals surface area contributed by atoms with Gasteiger partial charge in [0.15, 0.2) is 0 Å². The van der Waals surface area contributed by atoms with Crippen LogP contribution in [0.5, 0.6) is 0 Å². The lowest BCUT2D eigenvalue weighted by Crippen LogP contribution is -2.13. The first-order chi connectivity index (χ1) is 11.3. The zero-order chi connectivity index (χ0) is 16.2. The van der Waals surface area contributed by atoms with Gasteiger partial charge in [-0.05, 0) is 43.2 Å². The van der Waals surface area contributed by atoms with Gasteiger partial charge < -0.3 is 4.57 Å². The lowest BCUT2D eigenvalue weighted by Gasteiger charge is -2.25. The molecule has 1 aromatic carbocycles. The molecule has 122 valence electrons. The minimum Gasteiger partial charge on any atom is -0.325 e. The molecule has 0 aliphatic heterocycles. The first-order valence-corrected chi connectivity index (χ1v) is 8.55. The van der Waals surface area contributed by atoms with Gasteiger partial charge in [0.1, 0.15) is 5.82 Å². The van der Waals surface area contributed by atoms with Crippen molar-refractivity contribution in [3.8, 4) is 11.4 Å². The van der Waals surface area contributed by atoms with Gasteiger partial charge in [-0.2, -0.15) is 5.21 Å². The number of hydrogen-bond donors (Lipinski definition) is 1. The van der Waals surface area contributed by atoms with Crippen LogP contribution in [0.2, 0.25) is 0 Å². The fourth-order valence-electron chi connectivity index (χ4n) is 3.44. The average Bonchev–Trinajstić information content (AvgIpc) is 3.23. The van der Waals surface area contributed by atoms with E-state index in [4.69, 9.17) is 4.98 Å². The van der Waals surface area contributed by atoms with Gasteiger partial charge in [-0.1, -0.05) is 33.1 Å². The molecule has 1 saturated carbocycles. The minimum absolute atomic E-state index is 0.597. The molecular weight excluding hydrogens is 288 g/mol. The van der Waals surface area contributed by atoms with Gasteiger partial charge in [-0.3, -0.25) is 0 Å². The summed E-state index contributed by atoms with van der Waals surface area (Å²) in [6.45, 7) is 6.10. The second kappa shape index (κ2) is 6.89. The smallest absolute Gasteiger partial charge is 0.204 e. The van der Waals surface area contributed by atoms with Crippen molar-refractivity contribution in [1.29, 1.82) is 0 Å². The van der Waals surface area contributed by atoms with Crippen LogP contribution < -0.4 is 0 Å². The van der Waals surface area contributed by atoms with E-state index in [1.807, 2.05) is 26.0 Å². The average molecular weight is 312 g/mol. The molecule has 1 N–H and O–H groups in total. The number of tetrazole rings is 1. The zero-order valence-corrected chi connectivity index (χ0v) is 14.1. The number of nitrogens with one attached hydrogen (secondary N) is 1. The Kier molecular flexibility index (Phi) is 4.69. The van der Waals surface area contributed by atoms with Crippen molar-refractivity contribution < 1.29 is 0 Å². The fourth-order valence-corrected chi connectivity index (χ4v) is 3.44. The van der Waals surface area contributed by atoms with Crippen LogP contribution in [-0.4, -0.2) is 30.2 Å². The standard InChI is InChI=1S/C15H18N6.C2H6/c1-10-16-13-9-11(15-17-19-20-18-15)7-8-14(13)21(10)12-5-3-2-4-6-12;1-2/h7-9,12H,2-6H2,1H3,(H,17,18,19,20);1-2H3. The molecule has 6 nitrogen and oxygen atoms in total. The van der Waals surface area contributed by atoms with Crippen molar-refractivity contribution >= 4 is 11.0 Å². The van der Waals surface area contributed by atoms with Gasteiger partial charge in [-0.25, -0.2) is 4.98 Å². The van der Waals surface area contributed by atoms with Crippen molar-refractivity contribution in [2.75, 3.05) is 0 Å². The molecule has 4 rings (SSSR count). The molecule has 1 aliphatic carbocycles. The Balaban J connectivity index is 0.000000753. The third-order valence-corrected chi connectivity index (χ3v) is 4.41. The number of rotatable bonds is 2. The van der Waals surface area contributed by atoms with Crippen LogP contribution in [0.4, 0.5) is 0 Å². The normalized spacial score (nSPS) is 15.4. The molecule has 0 unspecified atom stereocenters. The van der Waals surface area contributed by atoms with Gasteiger partial charge >= 0.3 is 0 Å². The fraction of sp³-hybridized carbons (Fsp3) is 0.529. The van der Waals surface area contributed by atoms with Gasteiger partial charge in [0, 0.05) is 11.6 Å². The maximum atomic E-state index is 4.74. The highest BCUT2D eigenvalue weighted by Crippen LogP contribution is 2.33. The highest BCUT2D eigenvalue weighted by atomic mass is 15.5. The molecule has 0 bridgehead atoms. The van der Waals surface area contributed by atoms with E-state index in [0.29, 0.717) is 11.9 Å². The summed E-state index contributed by atoms with van der Waals surface area (Å²) in [5.41, 5.74) is 3.18. The van der Waals surface area contributed by atoms with Crippen LogP contribution in [-0.2, 0) is 0 Å². The van der Waals surface area contributed by atoms with E-state index < -0.39 is 0 Å². The predicted molar refractivity (Wildman–Crippen MR) is 91.1 cm³/mol. The Morgan fingerprint density at radius 1 is 1.13 bits per heavy atom. The van der Waals surface area contributed by atoms with Crippen LogP contribution in [0.3, 0.4) is 0 Å². The molecule has 0 saturated heterocycles. The monoisotopic (exact) mass is 312 g/mol. The third-order valence-electron chi connectivity index (χ3n) is 4.41. The number of imidazole rings is 1. The molecule has 1 aliphatic rings.